The van der Waals surface area contributed by atoms with Gasteiger partial charge in [-0.1, -0.05) is 29.8 Å². The van der Waals surface area contributed by atoms with E-state index >= 15 is 0 Å². The van der Waals surface area contributed by atoms with Crippen molar-refractivity contribution < 1.29 is 4.42 Å². The van der Waals surface area contributed by atoms with E-state index in [2.05, 4.69) is 31.3 Å². The van der Waals surface area contributed by atoms with Crippen LogP contribution in [0.15, 0.2) is 46.6 Å². The molecule has 1 unspecified atom stereocenters. The summed E-state index contributed by atoms with van der Waals surface area (Å²) in [6, 6.07) is 8.33. The van der Waals surface area contributed by atoms with Gasteiger partial charge >= 0.3 is 0 Å². The van der Waals surface area contributed by atoms with E-state index in [9.17, 15) is 0 Å². The summed E-state index contributed by atoms with van der Waals surface area (Å²) >= 11 is 0. The lowest BCUT2D eigenvalue weighted by Gasteiger charge is -2.10. The molecule has 0 saturated heterocycles. The zero-order valence-electron chi connectivity index (χ0n) is 9.95. The van der Waals surface area contributed by atoms with E-state index in [1.807, 2.05) is 31.5 Å². The van der Waals surface area contributed by atoms with Gasteiger partial charge in [-0.15, -0.1) is 0 Å². The molecular formula is C14H17NO. The highest BCUT2D eigenvalue weighted by atomic mass is 16.3. The first-order valence-electron chi connectivity index (χ1n) is 5.51. The number of allylic oxidation sites excluding steroid dienone is 1. The summed E-state index contributed by atoms with van der Waals surface area (Å²) in [5.41, 5.74) is 3.43. The van der Waals surface area contributed by atoms with Gasteiger partial charge in [0, 0.05) is 10.9 Å². The standard InChI is InChI=1S/C14H17NO/c1-10(2)8-13(15-3)12-9-16-14-7-5-4-6-11(12)14/h4-9,13,15H,1-3H3. The predicted octanol–water partition coefficient (Wildman–Crippen LogP) is 3.66. The van der Waals surface area contributed by atoms with Gasteiger partial charge in [-0.25, -0.2) is 0 Å². The second-order valence-corrected chi connectivity index (χ2v) is 4.20. The maximum atomic E-state index is 5.54. The largest absolute Gasteiger partial charge is 0.464 e. The van der Waals surface area contributed by atoms with Crippen molar-refractivity contribution in [3.63, 3.8) is 0 Å². The lowest BCUT2D eigenvalue weighted by Crippen LogP contribution is -2.13. The Balaban J connectivity index is 2.49. The number of hydrogen-bond donors (Lipinski definition) is 1. The number of benzene rings is 1. The Morgan fingerprint density at radius 1 is 1.31 bits per heavy atom. The smallest absolute Gasteiger partial charge is 0.134 e. The van der Waals surface area contributed by atoms with Gasteiger partial charge in [0.15, 0.2) is 0 Å². The number of nitrogens with one attached hydrogen (secondary N) is 1. The molecule has 1 atom stereocenters. The molecule has 0 radical (unpaired) electrons. The van der Waals surface area contributed by atoms with Crippen LogP contribution in [0.1, 0.15) is 25.5 Å². The topological polar surface area (TPSA) is 25.2 Å². The molecule has 0 spiro atoms. The number of furan rings is 1. The molecule has 1 aromatic carbocycles. The number of hydrogen-bond acceptors (Lipinski definition) is 2. The van der Waals surface area contributed by atoms with Crippen molar-refractivity contribution in [2.45, 2.75) is 19.9 Å². The number of para-hydroxylation sites is 1. The molecule has 0 bridgehead atoms. The zero-order chi connectivity index (χ0) is 11.5. The van der Waals surface area contributed by atoms with Crippen molar-refractivity contribution in [2.24, 2.45) is 0 Å². The van der Waals surface area contributed by atoms with Crippen LogP contribution in [0.5, 0.6) is 0 Å². The van der Waals surface area contributed by atoms with Gasteiger partial charge in [0.05, 0.1) is 12.3 Å². The van der Waals surface area contributed by atoms with E-state index < -0.39 is 0 Å². The van der Waals surface area contributed by atoms with Crippen LogP contribution in [0.2, 0.25) is 0 Å². The minimum atomic E-state index is 0.216. The Bertz CT molecular complexity index is 506. The molecule has 1 N–H and O–H groups in total. The van der Waals surface area contributed by atoms with Gasteiger partial charge in [0.2, 0.25) is 0 Å². The quantitative estimate of drug-likeness (QED) is 0.790. The number of fused-ring (bicyclic) bond motifs is 1. The van der Waals surface area contributed by atoms with Crippen molar-refractivity contribution in [2.75, 3.05) is 7.05 Å². The molecule has 0 fully saturated rings. The molecule has 0 amide bonds. The Kier molecular flexibility index (Phi) is 3.11. The molecule has 2 nitrogen and oxygen atoms in total. The highest BCUT2D eigenvalue weighted by Gasteiger charge is 2.12. The van der Waals surface area contributed by atoms with E-state index in [0.717, 1.165) is 5.58 Å². The highest BCUT2D eigenvalue weighted by Crippen LogP contribution is 2.27. The third-order valence-corrected chi connectivity index (χ3v) is 2.66. The summed E-state index contributed by atoms with van der Waals surface area (Å²) < 4.78 is 5.54. The van der Waals surface area contributed by atoms with Gasteiger partial charge in [-0.2, -0.15) is 0 Å². The molecule has 0 saturated carbocycles. The van der Waals surface area contributed by atoms with Gasteiger partial charge < -0.3 is 9.73 Å². The molecular weight excluding hydrogens is 198 g/mol. The van der Waals surface area contributed by atoms with E-state index in [0.29, 0.717) is 0 Å². The SMILES string of the molecule is CNC(C=C(C)C)c1coc2ccccc12. The van der Waals surface area contributed by atoms with E-state index in [1.54, 1.807) is 0 Å². The monoisotopic (exact) mass is 215 g/mol. The van der Waals surface area contributed by atoms with Crippen LogP contribution in [0, 0.1) is 0 Å². The molecule has 2 rings (SSSR count). The summed E-state index contributed by atoms with van der Waals surface area (Å²) in [5, 5.41) is 4.47. The van der Waals surface area contributed by atoms with Crippen molar-refractivity contribution in [1.82, 2.24) is 5.32 Å². The summed E-state index contributed by atoms with van der Waals surface area (Å²) in [7, 11) is 1.96. The molecule has 16 heavy (non-hydrogen) atoms. The molecule has 0 aliphatic carbocycles. The molecule has 0 aliphatic rings. The summed E-state index contributed by atoms with van der Waals surface area (Å²) in [6.07, 6.45) is 4.04. The van der Waals surface area contributed by atoms with E-state index in [1.165, 1.54) is 16.5 Å². The minimum Gasteiger partial charge on any atom is -0.464 e. The first-order chi connectivity index (χ1) is 7.72. The molecule has 2 heteroatoms. The predicted molar refractivity (Wildman–Crippen MR) is 67.4 cm³/mol. The summed E-state index contributed by atoms with van der Waals surface area (Å²) in [4.78, 5) is 0. The zero-order valence-corrected chi connectivity index (χ0v) is 9.95. The Morgan fingerprint density at radius 2 is 2.06 bits per heavy atom. The average Bonchev–Trinajstić information content (AvgIpc) is 2.69. The highest BCUT2D eigenvalue weighted by molar-refractivity contribution is 5.81. The van der Waals surface area contributed by atoms with Crippen molar-refractivity contribution in [3.05, 3.63) is 47.7 Å². The fraction of sp³-hybridized carbons (Fsp3) is 0.286. The van der Waals surface area contributed by atoms with Crippen LogP contribution in [0.25, 0.3) is 11.0 Å². The first-order valence-corrected chi connectivity index (χ1v) is 5.51. The number of likely N-dealkylation sites (N-methyl/N-ethyl adjacent to an activating group) is 1. The van der Waals surface area contributed by atoms with E-state index in [-0.39, 0.29) is 6.04 Å². The first kappa shape index (κ1) is 11.0. The van der Waals surface area contributed by atoms with Crippen molar-refractivity contribution in [1.29, 1.82) is 0 Å². The lowest BCUT2D eigenvalue weighted by molar-refractivity contribution is 0.599. The van der Waals surface area contributed by atoms with Crippen molar-refractivity contribution >= 4 is 11.0 Å². The Labute approximate surface area is 96.0 Å². The van der Waals surface area contributed by atoms with Crippen LogP contribution in [-0.4, -0.2) is 7.05 Å². The second kappa shape index (κ2) is 4.54. The molecule has 2 aromatic rings. The molecule has 1 aromatic heterocycles. The molecule has 0 aliphatic heterocycles. The Hall–Kier alpha value is -1.54. The van der Waals surface area contributed by atoms with Crippen molar-refractivity contribution in [3.8, 4) is 0 Å². The fourth-order valence-electron chi connectivity index (χ4n) is 1.90. The third-order valence-electron chi connectivity index (χ3n) is 2.66. The molecule has 1 heterocycles. The second-order valence-electron chi connectivity index (χ2n) is 4.20. The van der Waals surface area contributed by atoms with Crippen LogP contribution in [0.4, 0.5) is 0 Å². The van der Waals surface area contributed by atoms with Crippen LogP contribution in [0.3, 0.4) is 0 Å². The third kappa shape index (κ3) is 2.02. The minimum absolute atomic E-state index is 0.216. The van der Waals surface area contributed by atoms with Crippen LogP contribution < -0.4 is 5.32 Å². The van der Waals surface area contributed by atoms with Crippen LogP contribution in [-0.2, 0) is 0 Å². The van der Waals surface area contributed by atoms with Gasteiger partial charge in [0.1, 0.15) is 5.58 Å². The molecule has 84 valence electrons. The summed E-state index contributed by atoms with van der Waals surface area (Å²) in [6.45, 7) is 4.21. The normalized spacial score (nSPS) is 12.7. The Morgan fingerprint density at radius 3 is 2.75 bits per heavy atom. The number of rotatable bonds is 3. The maximum Gasteiger partial charge on any atom is 0.134 e. The fourth-order valence-corrected chi connectivity index (χ4v) is 1.90. The van der Waals surface area contributed by atoms with Gasteiger partial charge in [-0.05, 0) is 27.0 Å². The maximum absolute atomic E-state index is 5.54. The van der Waals surface area contributed by atoms with E-state index in [4.69, 9.17) is 4.42 Å². The van der Waals surface area contributed by atoms with Crippen LogP contribution >= 0.6 is 0 Å². The van der Waals surface area contributed by atoms with Gasteiger partial charge in [0.25, 0.3) is 0 Å². The summed E-state index contributed by atoms with van der Waals surface area (Å²) in [5.74, 6) is 0. The van der Waals surface area contributed by atoms with Gasteiger partial charge in [-0.3, -0.25) is 0 Å². The average molecular weight is 215 g/mol. The lowest BCUT2D eigenvalue weighted by atomic mass is 10.0.